The molecular formula is C14H30O3. The highest BCUT2D eigenvalue weighted by Crippen LogP contribution is 2.29. The lowest BCUT2D eigenvalue weighted by Crippen LogP contribution is -2.32. The molecule has 104 valence electrons. The predicted molar refractivity (Wildman–Crippen MR) is 70.5 cm³/mol. The fourth-order valence-electron chi connectivity index (χ4n) is 2.11. The van der Waals surface area contributed by atoms with Gasteiger partial charge in [-0.1, -0.05) is 40.5 Å². The molecule has 0 heterocycles. The van der Waals surface area contributed by atoms with E-state index in [1.807, 2.05) is 13.8 Å². The summed E-state index contributed by atoms with van der Waals surface area (Å²) in [4.78, 5) is 10.4. The lowest BCUT2D eigenvalue weighted by Gasteiger charge is -2.31. The molecule has 0 saturated heterocycles. The zero-order chi connectivity index (χ0) is 13.5. The standard InChI is InChI=1S/C14H30O3/c1-7-8-9-10-12(15)16-17-14(5,6)11-13(2,3)4/h12,15H,7-11H2,1-6H3. The minimum atomic E-state index is -0.805. The molecule has 0 bridgehead atoms. The van der Waals surface area contributed by atoms with Gasteiger partial charge in [-0.15, -0.1) is 0 Å². The van der Waals surface area contributed by atoms with E-state index in [9.17, 15) is 5.11 Å². The number of hydrogen-bond donors (Lipinski definition) is 1. The summed E-state index contributed by atoms with van der Waals surface area (Å²) in [5, 5.41) is 9.59. The van der Waals surface area contributed by atoms with E-state index in [1.54, 1.807) is 0 Å². The highest BCUT2D eigenvalue weighted by Gasteiger charge is 2.28. The first-order chi connectivity index (χ1) is 7.66. The Bertz CT molecular complexity index is 194. The Morgan fingerprint density at radius 2 is 1.65 bits per heavy atom. The van der Waals surface area contributed by atoms with E-state index in [2.05, 4.69) is 27.7 Å². The van der Waals surface area contributed by atoms with Gasteiger partial charge in [0, 0.05) is 6.42 Å². The van der Waals surface area contributed by atoms with Crippen molar-refractivity contribution in [3.63, 3.8) is 0 Å². The second kappa shape index (κ2) is 7.34. The number of aliphatic hydroxyl groups excluding tert-OH is 1. The molecule has 0 rings (SSSR count). The summed E-state index contributed by atoms with van der Waals surface area (Å²) in [7, 11) is 0. The SMILES string of the molecule is CCCCCC(O)OOC(C)(C)CC(C)(C)C. The topological polar surface area (TPSA) is 38.7 Å². The van der Waals surface area contributed by atoms with Gasteiger partial charge in [0.05, 0.1) is 5.60 Å². The van der Waals surface area contributed by atoms with Gasteiger partial charge in [0.1, 0.15) is 0 Å². The monoisotopic (exact) mass is 246 g/mol. The number of rotatable bonds is 8. The third-order valence-corrected chi connectivity index (χ3v) is 2.40. The molecule has 0 aromatic rings. The lowest BCUT2D eigenvalue weighted by atomic mass is 9.84. The Morgan fingerprint density at radius 1 is 1.06 bits per heavy atom. The Balaban J connectivity index is 3.84. The number of unbranched alkanes of at least 4 members (excludes halogenated alkanes) is 2. The molecule has 0 spiro atoms. The van der Waals surface area contributed by atoms with Gasteiger partial charge in [0.25, 0.3) is 0 Å². The van der Waals surface area contributed by atoms with Crippen molar-refractivity contribution < 1.29 is 14.9 Å². The van der Waals surface area contributed by atoms with Gasteiger partial charge in [0.2, 0.25) is 0 Å². The summed E-state index contributed by atoms with van der Waals surface area (Å²) in [6.45, 7) is 12.6. The van der Waals surface area contributed by atoms with Gasteiger partial charge in [-0.2, -0.15) is 0 Å². The normalized spacial score (nSPS) is 15.0. The summed E-state index contributed by atoms with van der Waals surface area (Å²) < 4.78 is 0. The van der Waals surface area contributed by atoms with Crippen LogP contribution in [-0.2, 0) is 9.78 Å². The van der Waals surface area contributed by atoms with Gasteiger partial charge in [0.15, 0.2) is 6.29 Å². The zero-order valence-corrected chi connectivity index (χ0v) is 12.4. The van der Waals surface area contributed by atoms with Crippen LogP contribution in [0.3, 0.4) is 0 Å². The van der Waals surface area contributed by atoms with E-state index in [0.29, 0.717) is 6.42 Å². The zero-order valence-electron chi connectivity index (χ0n) is 12.4. The highest BCUT2D eigenvalue weighted by atomic mass is 17.2. The van der Waals surface area contributed by atoms with Crippen LogP contribution in [0.2, 0.25) is 0 Å². The molecule has 3 heteroatoms. The van der Waals surface area contributed by atoms with Crippen LogP contribution in [0.5, 0.6) is 0 Å². The van der Waals surface area contributed by atoms with E-state index in [1.165, 1.54) is 0 Å². The maximum absolute atomic E-state index is 9.59. The first-order valence-electron chi connectivity index (χ1n) is 6.69. The minimum Gasteiger partial charge on any atom is -0.366 e. The Kier molecular flexibility index (Phi) is 7.29. The fraction of sp³-hybridized carbons (Fsp3) is 1.00. The number of aliphatic hydroxyl groups is 1. The van der Waals surface area contributed by atoms with E-state index in [-0.39, 0.29) is 11.0 Å². The summed E-state index contributed by atoms with van der Waals surface area (Å²) in [5.41, 5.74) is -0.190. The molecule has 0 fully saturated rings. The minimum absolute atomic E-state index is 0.181. The van der Waals surface area contributed by atoms with Crippen LogP contribution in [0, 0.1) is 5.41 Å². The quantitative estimate of drug-likeness (QED) is 0.304. The van der Waals surface area contributed by atoms with Crippen molar-refractivity contribution in [3.8, 4) is 0 Å². The van der Waals surface area contributed by atoms with E-state index >= 15 is 0 Å². The molecule has 0 aliphatic rings. The smallest absolute Gasteiger partial charge is 0.188 e. The highest BCUT2D eigenvalue weighted by molar-refractivity contribution is 4.75. The van der Waals surface area contributed by atoms with Crippen LogP contribution in [0.4, 0.5) is 0 Å². The Morgan fingerprint density at radius 3 is 2.12 bits per heavy atom. The Hall–Kier alpha value is -0.120. The molecular weight excluding hydrogens is 216 g/mol. The molecule has 1 unspecified atom stereocenters. The van der Waals surface area contributed by atoms with Crippen LogP contribution in [0.15, 0.2) is 0 Å². The molecule has 0 aromatic carbocycles. The molecule has 0 amide bonds. The maximum Gasteiger partial charge on any atom is 0.188 e. The second-order valence-corrected chi connectivity index (χ2v) is 6.63. The molecule has 0 aliphatic carbocycles. The molecule has 0 aromatic heterocycles. The van der Waals surface area contributed by atoms with Crippen molar-refractivity contribution >= 4 is 0 Å². The molecule has 0 saturated carbocycles. The third-order valence-electron chi connectivity index (χ3n) is 2.40. The third kappa shape index (κ3) is 10.7. The fourth-order valence-corrected chi connectivity index (χ4v) is 2.11. The molecule has 3 nitrogen and oxygen atoms in total. The first-order valence-corrected chi connectivity index (χ1v) is 6.69. The van der Waals surface area contributed by atoms with E-state index in [4.69, 9.17) is 9.78 Å². The summed E-state index contributed by atoms with van der Waals surface area (Å²) in [6, 6.07) is 0. The van der Waals surface area contributed by atoms with Gasteiger partial charge < -0.3 is 5.11 Å². The van der Waals surface area contributed by atoms with Crippen molar-refractivity contribution in [1.29, 1.82) is 0 Å². The largest absolute Gasteiger partial charge is 0.366 e. The predicted octanol–water partition coefficient (Wildman–Crippen LogP) is 4.05. The molecule has 1 atom stereocenters. The van der Waals surface area contributed by atoms with Crippen molar-refractivity contribution in [2.45, 2.75) is 85.5 Å². The summed E-state index contributed by atoms with van der Waals surface area (Å²) in [6.07, 6.45) is 3.94. The van der Waals surface area contributed by atoms with Crippen LogP contribution < -0.4 is 0 Å². The summed E-state index contributed by atoms with van der Waals surface area (Å²) in [5.74, 6) is 0. The van der Waals surface area contributed by atoms with Crippen molar-refractivity contribution in [2.24, 2.45) is 5.41 Å². The average Bonchev–Trinajstić information content (AvgIpc) is 2.12. The molecule has 1 N–H and O–H groups in total. The summed E-state index contributed by atoms with van der Waals surface area (Å²) >= 11 is 0. The molecule has 0 radical (unpaired) electrons. The lowest BCUT2D eigenvalue weighted by molar-refractivity contribution is -0.416. The Labute approximate surface area is 106 Å². The van der Waals surface area contributed by atoms with Crippen molar-refractivity contribution in [3.05, 3.63) is 0 Å². The van der Waals surface area contributed by atoms with Crippen LogP contribution in [0.1, 0.15) is 73.6 Å². The number of hydrogen-bond acceptors (Lipinski definition) is 3. The molecule has 17 heavy (non-hydrogen) atoms. The average molecular weight is 246 g/mol. The van der Waals surface area contributed by atoms with Crippen molar-refractivity contribution in [2.75, 3.05) is 0 Å². The second-order valence-electron chi connectivity index (χ2n) is 6.63. The van der Waals surface area contributed by atoms with Gasteiger partial charge in [-0.3, -0.25) is 0 Å². The van der Waals surface area contributed by atoms with Crippen LogP contribution in [-0.4, -0.2) is 17.0 Å². The van der Waals surface area contributed by atoms with Crippen LogP contribution in [0.25, 0.3) is 0 Å². The van der Waals surface area contributed by atoms with E-state index in [0.717, 1.165) is 25.7 Å². The van der Waals surface area contributed by atoms with Gasteiger partial charge in [-0.25, -0.2) is 9.78 Å². The van der Waals surface area contributed by atoms with Crippen LogP contribution >= 0.6 is 0 Å². The van der Waals surface area contributed by atoms with E-state index < -0.39 is 6.29 Å². The van der Waals surface area contributed by atoms with Gasteiger partial charge >= 0.3 is 0 Å². The maximum atomic E-state index is 9.59. The first kappa shape index (κ1) is 16.9. The van der Waals surface area contributed by atoms with Crippen molar-refractivity contribution in [1.82, 2.24) is 0 Å². The molecule has 0 aliphatic heterocycles. The van der Waals surface area contributed by atoms with Gasteiger partial charge in [-0.05, 0) is 32.1 Å².